The second-order valence-electron chi connectivity index (χ2n) is 35.1. The van der Waals surface area contributed by atoms with Crippen molar-refractivity contribution in [1.82, 2.24) is 13.2 Å². The van der Waals surface area contributed by atoms with E-state index in [0.717, 1.165) is 10.8 Å². The molecule has 0 aliphatic heterocycles. The Morgan fingerprint density at radius 3 is 0.620 bits per heavy atom. The second-order valence-corrected chi connectivity index (χ2v) is 35.1. The Kier molecular flexibility index (Phi) is 15.2. The second kappa shape index (κ2) is 24.4. The normalized spacial score (nSPS) is 12.9. The van der Waals surface area contributed by atoms with Crippen LogP contribution in [0.25, 0.3) is 179 Å². The summed E-state index contributed by atoms with van der Waals surface area (Å²) < 4.78 is 7.49. The first-order chi connectivity index (χ1) is 51.8. The average molecular weight is 1400 g/mol. The van der Waals surface area contributed by atoms with Gasteiger partial charge >= 0.3 is 0 Å². The molecule has 0 saturated heterocycles. The van der Waals surface area contributed by atoms with Crippen molar-refractivity contribution in [3.05, 3.63) is 268 Å². The van der Waals surface area contributed by atoms with E-state index in [1.54, 1.807) is 0 Å². The highest BCUT2D eigenvalue weighted by Crippen LogP contribution is 2.48. The SMILES string of the molecule is CC(C)c1ccc2cc3c(cc2c1)c1cc(C#N)cc2c4cc5cc(C(C)C)ccc5cc4n3c12.CC(C)c1ccc2cc3c(cc2c1)c1cc(C(C)(C)C)cc2c4cc5cc(C(C)C)ccc5cc4n3c12.CC(C)c1ccc2cc3c(cc2c1)c1cc(C(C)C)cc2c4cc5cc(C(C)C)ccc5cc4n3c12. The molecule has 0 N–H and O–H groups in total. The van der Waals surface area contributed by atoms with Gasteiger partial charge in [-0.05, 0) is 265 Å². The lowest BCUT2D eigenvalue weighted by Gasteiger charge is -2.19. The van der Waals surface area contributed by atoms with Gasteiger partial charge in [0.15, 0.2) is 0 Å². The maximum atomic E-state index is 9.87. The van der Waals surface area contributed by atoms with Crippen molar-refractivity contribution in [2.24, 2.45) is 0 Å². The summed E-state index contributed by atoms with van der Waals surface area (Å²) in [5, 5.41) is 41.2. The molecule has 4 nitrogen and oxygen atoms in total. The van der Waals surface area contributed by atoms with E-state index in [9.17, 15) is 5.26 Å². The number of hydrogen-bond donors (Lipinski definition) is 0. The summed E-state index contributed by atoms with van der Waals surface area (Å²) in [7, 11) is 0. The summed E-state index contributed by atoms with van der Waals surface area (Å²) in [6, 6.07) is 86.6. The zero-order valence-electron chi connectivity index (χ0n) is 65.6. The van der Waals surface area contributed by atoms with Gasteiger partial charge < -0.3 is 13.2 Å². The van der Waals surface area contributed by atoms with Crippen LogP contribution < -0.4 is 0 Å². The molecule has 0 spiro atoms. The minimum atomic E-state index is 0.0746. The zero-order chi connectivity index (χ0) is 74.7. The minimum absolute atomic E-state index is 0.0746. The van der Waals surface area contributed by atoms with E-state index in [2.05, 4.69) is 355 Å². The standard InChI is InChI=1S/C36H35N.C35H33N.C33H26N2/c1-20(2)22-8-10-24-16-33-29(14-26(24)12-22)31-18-28(36(5,6)7)19-32-30-15-27-13-23(21(3)4)9-11-25(27)17-34(30)37(33)35(31)32;1-19(2)22-7-9-24-17-33-29(15-27(24)11-22)31-13-26(21(5)6)14-32-30-16-28-12-23(20(3)4)8-10-25(28)18-34(30)36(33)35(31)32;1-18(2)21-5-7-23-15-31-27(13-25(23)11-21)29-9-20(17-34)10-30-28-14-26-12-22(19(3)4)6-8-24(26)16-32(28)35(31)33(29)30/h8-21H,1-7H3;7-21H,1-6H3;5-16,18-19H,1-4H3. The van der Waals surface area contributed by atoms with E-state index in [1.807, 2.05) is 0 Å². The first-order valence-corrected chi connectivity index (χ1v) is 39.7. The van der Waals surface area contributed by atoms with Crippen LogP contribution in [-0.4, -0.2) is 13.2 Å². The van der Waals surface area contributed by atoms with E-state index in [0.29, 0.717) is 47.0 Å². The van der Waals surface area contributed by atoms with E-state index >= 15 is 0 Å². The summed E-state index contributed by atoms with van der Waals surface area (Å²) in [6.07, 6.45) is 0. The number of rotatable bonds is 7. The van der Waals surface area contributed by atoms with Crippen LogP contribution >= 0.6 is 0 Å². The lowest BCUT2D eigenvalue weighted by molar-refractivity contribution is 0.592. The fourth-order valence-electron chi connectivity index (χ4n) is 18.2. The maximum Gasteiger partial charge on any atom is 0.0992 e. The predicted octanol–water partition coefficient (Wildman–Crippen LogP) is 30.5. The summed E-state index contributed by atoms with van der Waals surface area (Å²) in [6.45, 7) is 38.7. The first-order valence-electron chi connectivity index (χ1n) is 39.7. The molecule has 6 heterocycles. The fraction of sp³-hybridized carbons (Fsp3) is 0.240. The number of nitriles is 1. The molecule has 0 aliphatic carbocycles. The van der Waals surface area contributed by atoms with Crippen LogP contribution in [0, 0.1) is 11.3 Å². The highest BCUT2D eigenvalue weighted by atomic mass is 14.9. The number of fused-ring (bicyclic) bond motifs is 24. The molecule has 530 valence electrons. The molecule has 0 aliphatic rings. The van der Waals surface area contributed by atoms with Crippen molar-refractivity contribution in [1.29, 1.82) is 5.26 Å². The highest BCUT2D eigenvalue weighted by Gasteiger charge is 2.27. The van der Waals surface area contributed by atoms with Crippen LogP contribution in [0.2, 0.25) is 0 Å². The lowest BCUT2D eigenvalue weighted by Crippen LogP contribution is -2.10. The molecule has 6 aromatic heterocycles. The number of hydrogen-bond acceptors (Lipinski definition) is 1. The molecule has 0 atom stereocenters. The van der Waals surface area contributed by atoms with E-state index in [1.165, 1.54) is 213 Å². The van der Waals surface area contributed by atoms with E-state index < -0.39 is 0 Å². The molecular weight excluding hydrogens is 1310 g/mol. The molecule has 21 aromatic rings. The summed E-state index contributed by atoms with van der Waals surface area (Å²) >= 11 is 0. The monoisotopic (exact) mass is 1400 g/mol. The highest BCUT2D eigenvalue weighted by molar-refractivity contribution is 6.29. The Morgan fingerprint density at radius 1 is 0.222 bits per heavy atom. The van der Waals surface area contributed by atoms with Crippen molar-refractivity contribution in [2.75, 3.05) is 0 Å². The number of benzene rings is 15. The number of aromatic nitrogens is 3. The van der Waals surface area contributed by atoms with Crippen LogP contribution in [-0.2, 0) is 5.41 Å². The van der Waals surface area contributed by atoms with Crippen LogP contribution in [0.1, 0.15) is 209 Å². The van der Waals surface area contributed by atoms with Gasteiger partial charge in [0.05, 0.1) is 61.3 Å². The van der Waals surface area contributed by atoms with Gasteiger partial charge in [-0.15, -0.1) is 0 Å². The van der Waals surface area contributed by atoms with Gasteiger partial charge in [0, 0.05) is 64.6 Å². The van der Waals surface area contributed by atoms with E-state index in [-0.39, 0.29) is 5.41 Å². The van der Waals surface area contributed by atoms with Crippen molar-refractivity contribution >= 4 is 179 Å². The van der Waals surface area contributed by atoms with Crippen LogP contribution in [0.3, 0.4) is 0 Å². The van der Waals surface area contributed by atoms with Crippen molar-refractivity contribution in [3.63, 3.8) is 0 Å². The molecule has 0 unspecified atom stereocenters. The van der Waals surface area contributed by atoms with Gasteiger partial charge in [-0.2, -0.15) is 5.26 Å². The van der Waals surface area contributed by atoms with Gasteiger partial charge in [0.2, 0.25) is 0 Å². The summed E-state index contributed by atoms with van der Waals surface area (Å²) in [5.74, 6) is 3.56. The quantitative estimate of drug-likeness (QED) is 0.157. The molecule has 0 bridgehead atoms. The molecule has 15 aromatic carbocycles. The molecular formula is C104H94N4. The van der Waals surface area contributed by atoms with Crippen LogP contribution in [0.15, 0.2) is 218 Å². The number of nitrogens with zero attached hydrogens (tertiary/aromatic N) is 4. The summed E-state index contributed by atoms with van der Waals surface area (Å²) in [4.78, 5) is 0. The first kappa shape index (κ1) is 67.4. The maximum absolute atomic E-state index is 9.87. The van der Waals surface area contributed by atoms with Gasteiger partial charge in [-0.1, -0.05) is 227 Å². The average Bonchev–Trinajstić information content (AvgIpc) is 1.55. The Labute approximate surface area is 632 Å². The van der Waals surface area contributed by atoms with Gasteiger partial charge in [0.1, 0.15) is 0 Å². The molecule has 0 radical (unpaired) electrons. The third kappa shape index (κ3) is 10.4. The minimum Gasteiger partial charge on any atom is -0.308 e. The lowest BCUT2D eigenvalue weighted by atomic mass is 9.85. The summed E-state index contributed by atoms with van der Waals surface area (Å²) in [5.41, 5.74) is 23.5. The van der Waals surface area contributed by atoms with Crippen molar-refractivity contribution < 1.29 is 0 Å². The van der Waals surface area contributed by atoms with Gasteiger partial charge in [0.25, 0.3) is 0 Å². The van der Waals surface area contributed by atoms with Crippen LogP contribution in [0.5, 0.6) is 0 Å². The molecule has 0 amide bonds. The predicted molar refractivity (Wildman–Crippen MR) is 470 cm³/mol. The third-order valence-corrected chi connectivity index (χ3v) is 24.7. The van der Waals surface area contributed by atoms with Crippen LogP contribution in [0.4, 0.5) is 0 Å². The Balaban J connectivity index is 0.000000110. The van der Waals surface area contributed by atoms with Crippen molar-refractivity contribution in [2.45, 2.75) is 165 Å². The molecule has 0 fully saturated rings. The smallest absolute Gasteiger partial charge is 0.0992 e. The Morgan fingerprint density at radius 2 is 0.426 bits per heavy atom. The third-order valence-electron chi connectivity index (χ3n) is 24.7. The van der Waals surface area contributed by atoms with Gasteiger partial charge in [-0.3, -0.25) is 0 Å². The Hall–Kier alpha value is -11.3. The topological polar surface area (TPSA) is 37.0 Å². The Bertz CT molecular complexity index is 6980. The zero-order valence-corrected chi connectivity index (χ0v) is 65.6. The largest absolute Gasteiger partial charge is 0.308 e. The van der Waals surface area contributed by atoms with Crippen molar-refractivity contribution in [3.8, 4) is 6.07 Å². The molecule has 0 saturated carbocycles. The fourth-order valence-corrected chi connectivity index (χ4v) is 18.2. The molecule has 21 rings (SSSR count). The van der Waals surface area contributed by atoms with Gasteiger partial charge in [-0.25, -0.2) is 0 Å². The van der Waals surface area contributed by atoms with E-state index in [4.69, 9.17) is 0 Å². The molecule has 108 heavy (non-hydrogen) atoms. The molecule has 4 heteroatoms.